The Balaban J connectivity index is 1.54. The number of carboxylic acids is 1. The molecule has 0 saturated carbocycles. The van der Waals surface area contributed by atoms with E-state index in [2.05, 4.69) is 20.9 Å². The molecule has 3 rings (SSSR count). The maximum absolute atomic E-state index is 12.9. The number of aliphatic carboxylic acids is 1. The number of guanidine groups is 1. The third-order valence-corrected chi connectivity index (χ3v) is 7.02. The number of aryl methyl sites for hydroxylation is 1. The lowest BCUT2D eigenvalue weighted by molar-refractivity contribution is -0.139. The molecule has 1 atom stereocenters. The first-order chi connectivity index (χ1) is 18.3. The van der Waals surface area contributed by atoms with Crippen LogP contribution in [0.25, 0.3) is 0 Å². The highest BCUT2D eigenvalue weighted by Gasteiger charge is 2.33. The van der Waals surface area contributed by atoms with Gasteiger partial charge in [0.2, 0.25) is 15.9 Å². The van der Waals surface area contributed by atoms with Crippen molar-refractivity contribution in [1.82, 2.24) is 20.7 Å². The third kappa shape index (κ3) is 8.78. The molecule has 1 unspecified atom stereocenters. The minimum atomic E-state index is -4.80. The molecule has 2 aromatic carbocycles. The summed E-state index contributed by atoms with van der Waals surface area (Å²) in [7, 11) is -4.65. The Labute approximate surface area is 221 Å². The van der Waals surface area contributed by atoms with Gasteiger partial charge in [-0.3, -0.25) is 24.7 Å². The van der Waals surface area contributed by atoms with Gasteiger partial charge in [0.25, 0.3) is 5.91 Å². The summed E-state index contributed by atoms with van der Waals surface area (Å²) in [6, 6.07) is 7.12. The zero-order valence-electron chi connectivity index (χ0n) is 20.4. The van der Waals surface area contributed by atoms with Crippen LogP contribution in [0.5, 0.6) is 0 Å². The largest absolute Gasteiger partial charge is 0.480 e. The molecule has 210 valence electrons. The Hall–Kier alpha value is -3.98. The summed E-state index contributed by atoms with van der Waals surface area (Å²) in [6.07, 6.45) is -3.33. The van der Waals surface area contributed by atoms with Gasteiger partial charge in [-0.05, 0) is 48.7 Å². The molecule has 0 radical (unpaired) electrons. The van der Waals surface area contributed by atoms with E-state index in [9.17, 15) is 41.1 Å². The van der Waals surface area contributed by atoms with E-state index in [0.717, 1.165) is 30.7 Å². The molecular formula is C24H26F3N5O6S. The zero-order valence-corrected chi connectivity index (χ0v) is 21.2. The summed E-state index contributed by atoms with van der Waals surface area (Å²) in [6.45, 7) is 0.699. The van der Waals surface area contributed by atoms with Crippen LogP contribution in [0.3, 0.4) is 0 Å². The smallest absolute Gasteiger partial charge is 0.416 e. The number of hydrogen-bond donors (Lipinski definition) is 5. The maximum Gasteiger partial charge on any atom is 0.416 e. The highest BCUT2D eigenvalue weighted by Crippen LogP contribution is 2.30. The Morgan fingerprint density at radius 2 is 1.82 bits per heavy atom. The van der Waals surface area contributed by atoms with Crippen molar-refractivity contribution in [2.24, 2.45) is 4.99 Å². The molecule has 5 N–H and O–H groups in total. The minimum Gasteiger partial charge on any atom is -0.480 e. The van der Waals surface area contributed by atoms with E-state index in [4.69, 9.17) is 0 Å². The summed E-state index contributed by atoms with van der Waals surface area (Å²) < 4.78 is 65.6. The quantitative estimate of drug-likeness (QED) is 0.287. The molecule has 11 nitrogen and oxygen atoms in total. The number of carbonyl (C=O) groups excluding carboxylic acids is 2. The molecule has 15 heteroatoms. The fraction of sp³-hybridized carbons (Fsp3) is 0.333. The van der Waals surface area contributed by atoms with Crippen LogP contribution in [0, 0.1) is 0 Å². The summed E-state index contributed by atoms with van der Waals surface area (Å²) >= 11 is 0. The second-order valence-electron chi connectivity index (χ2n) is 8.50. The van der Waals surface area contributed by atoms with Gasteiger partial charge in [-0.2, -0.15) is 17.9 Å². The molecular weight excluding hydrogens is 543 g/mol. The van der Waals surface area contributed by atoms with Crippen LogP contribution in [0.4, 0.5) is 13.2 Å². The lowest BCUT2D eigenvalue weighted by Gasteiger charge is -2.16. The topological polar surface area (TPSA) is 166 Å². The van der Waals surface area contributed by atoms with Crippen LogP contribution in [0.1, 0.15) is 34.3 Å². The molecule has 2 aromatic rings. The highest BCUT2D eigenvalue weighted by atomic mass is 32.2. The second kappa shape index (κ2) is 12.7. The van der Waals surface area contributed by atoms with Crippen molar-refractivity contribution in [3.05, 3.63) is 65.2 Å². The SMILES string of the molecule is O=C(CCc1ccc(C(=O)NCC(NS(=O)(=O)c2cccc(C(F)(F)F)c2)C(=O)O)cc1)NC1=NCCCN1. The van der Waals surface area contributed by atoms with E-state index in [1.807, 2.05) is 0 Å². The highest BCUT2D eigenvalue weighted by molar-refractivity contribution is 7.89. The first-order valence-electron chi connectivity index (χ1n) is 11.7. The summed E-state index contributed by atoms with van der Waals surface area (Å²) in [5.74, 6) is -2.13. The Morgan fingerprint density at radius 1 is 1.10 bits per heavy atom. The average molecular weight is 570 g/mol. The molecule has 2 amide bonds. The van der Waals surface area contributed by atoms with Gasteiger partial charge < -0.3 is 15.7 Å². The van der Waals surface area contributed by atoms with Gasteiger partial charge in [-0.25, -0.2) is 8.42 Å². The van der Waals surface area contributed by atoms with Crippen molar-refractivity contribution in [3.63, 3.8) is 0 Å². The van der Waals surface area contributed by atoms with Gasteiger partial charge in [-0.15, -0.1) is 0 Å². The molecule has 0 spiro atoms. The van der Waals surface area contributed by atoms with Crippen LogP contribution in [-0.4, -0.2) is 62.9 Å². The standard InChI is InChI=1S/C24H26F3N5O6S/c25-24(26,27)17-3-1-4-18(13-17)39(37,38)32-19(22(35)36)14-30-21(34)16-8-5-15(6-9-16)7-10-20(33)31-23-28-11-2-12-29-23/h1,3-6,8-9,13,19,32H,2,7,10-12,14H2,(H,30,34)(H,35,36)(H2,28,29,31,33). The first kappa shape index (κ1) is 29.6. The van der Waals surface area contributed by atoms with Gasteiger partial charge in [0.1, 0.15) is 6.04 Å². The van der Waals surface area contributed by atoms with Gasteiger partial charge in [0.05, 0.1) is 10.5 Å². The summed E-state index contributed by atoms with van der Waals surface area (Å²) in [5, 5.41) is 17.3. The number of carbonyl (C=O) groups is 3. The van der Waals surface area contributed by atoms with Crippen LogP contribution >= 0.6 is 0 Å². The predicted molar refractivity (Wildman–Crippen MR) is 133 cm³/mol. The first-order valence-corrected chi connectivity index (χ1v) is 13.2. The van der Waals surface area contributed by atoms with Crippen LogP contribution in [0.2, 0.25) is 0 Å². The van der Waals surface area contributed by atoms with Gasteiger partial charge in [0.15, 0.2) is 5.96 Å². The number of rotatable bonds is 10. The zero-order chi connectivity index (χ0) is 28.6. The van der Waals surface area contributed by atoms with Crippen molar-refractivity contribution < 1.29 is 41.1 Å². The van der Waals surface area contributed by atoms with Crippen LogP contribution in [0.15, 0.2) is 58.4 Å². The minimum absolute atomic E-state index is 0.147. The Bertz CT molecular complexity index is 1350. The molecule has 0 fully saturated rings. The van der Waals surface area contributed by atoms with E-state index in [-0.39, 0.29) is 17.9 Å². The van der Waals surface area contributed by atoms with Crippen LogP contribution < -0.4 is 20.7 Å². The molecule has 0 bridgehead atoms. The molecule has 1 heterocycles. The predicted octanol–water partition coefficient (Wildman–Crippen LogP) is 1.27. The average Bonchev–Trinajstić information content (AvgIpc) is 2.90. The third-order valence-electron chi connectivity index (χ3n) is 5.55. The number of carboxylic acid groups (broad SMARTS) is 1. The Morgan fingerprint density at radius 3 is 2.44 bits per heavy atom. The number of benzene rings is 2. The van der Waals surface area contributed by atoms with Gasteiger partial charge in [-0.1, -0.05) is 18.2 Å². The molecule has 1 aliphatic rings. The lowest BCUT2D eigenvalue weighted by atomic mass is 10.1. The van der Waals surface area contributed by atoms with E-state index in [1.54, 1.807) is 16.9 Å². The number of amides is 2. The second-order valence-corrected chi connectivity index (χ2v) is 10.2. The van der Waals surface area contributed by atoms with E-state index in [0.29, 0.717) is 31.1 Å². The fourth-order valence-corrected chi connectivity index (χ4v) is 4.70. The molecule has 39 heavy (non-hydrogen) atoms. The van der Waals surface area contributed by atoms with Crippen molar-refractivity contribution in [1.29, 1.82) is 0 Å². The van der Waals surface area contributed by atoms with Crippen LogP contribution in [-0.2, 0) is 32.2 Å². The lowest BCUT2D eigenvalue weighted by Crippen LogP contribution is -2.48. The number of nitrogens with one attached hydrogen (secondary N) is 4. The van der Waals surface area contributed by atoms with Crippen molar-refractivity contribution in [3.8, 4) is 0 Å². The molecule has 0 aromatic heterocycles. The van der Waals surface area contributed by atoms with Crippen molar-refractivity contribution in [2.75, 3.05) is 19.6 Å². The normalized spacial score (nSPS) is 14.5. The molecule has 0 saturated heterocycles. The number of sulfonamides is 1. The number of halogens is 3. The number of nitrogens with zero attached hydrogens (tertiary/aromatic N) is 1. The summed E-state index contributed by atoms with van der Waals surface area (Å²) in [5.41, 5.74) is -0.309. The van der Waals surface area contributed by atoms with E-state index < -0.39 is 51.1 Å². The molecule has 1 aliphatic heterocycles. The number of aliphatic imine (C=N–C) groups is 1. The number of hydrogen-bond acceptors (Lipinski definition) is 7. The van der Waals surface area contributed by atoms with Crippen molar-refractivity contribution >= 4 is 33.8 Å². The fourth-order valence-electron chi connectivity index (χ4n) is 3.46. The monoisotopic (exact) mass is 569 g/mol. The number of alkyl halides is 3. The molecule has 0 aliphatic carbocycles. The van der Waals surface area contributed by atoms with Crippen molar-refractivity contribution in [2.45, 2.75) is 36.4 Å². The van der Waals surface area contributed by atoms with E-state index in [1.165, 1.54) is 12.1 Å². The van der Waals surface area contributed by atoms with E-state index >= 15 is 0 Å². The Kier molecular flexibility index (Phi) is 9.64. The van der Waals surface area contributed by atoms with Gasteiger partial charge >= 0.3 is 12.1 Å². The van der Waals surface area contributed by atoms with Gasteiger partial charge in [0, 0.05) is 31.6 Å². The summed E-state index contributed by atoms with van der Waals surface area (Å²) in [4.78, 5) is 39.5. The maximum atomic E-state index is 12.9.